The molecule has 3 rings (SSSR count). The Labute approximate surface area is 170 Å². The fourth-order valence-corrected chi connectivity index (χ4v) is 4.78. The molecular weight excluding hydrogens is 392 g/mol. The van der Waals surface area contributed by atoms with Crippen molar-refractivity contribution in [3.8, 4) is 0 Å². The van der Waals surface area contributed by atoms with Crippen molar-refractivity contribution in [2.75, 3.05) is 25.0 Å². The molecule has 0 radical (unpaired) electrons. The Hall–Kier alpha value is -2.71. The Kier molecular flexibility index (Phi) is 6.66. The van der Waals surface area contributed by atoms with E-state index in [0.29, 0.717) is 18.8 Å². The van der Waals surface area contributed by atoms with Crippen molar-refractivity contribution >= 4 is 27.6 Å². The molecule has 0 aromatic heterocycles. The normalized spacial score (nSPS) is 14.5. The number of carbonyl (C=O) groups excluding carboxylic acids is 2. The molecule has 1 fully saturated rings. The number of ether oxygens (including phenoxy) is 1. The number of sulfonamides is 1. The smallest absolute Gasteiger partial charge is 0.338 e. The van der Waals surface area contributed by atoms with Gasteiger partial charge in [0, 0.05) is 18.8 Å². The highest BCUT2D eigenvalue weighted by molar-refractivity contribution is 7.89. The summed E-state index contributed by atoms with van der Waals surface area (Å²) in [5.41, 5.74) is 1.74. The molecule has 8 heteroatoms. The number of aryl methyl sites for hydroxylation is 1. The molecule has 1 N–H and O–H groups in total. The highest BCUT2D eigenvalue weighted by Gasteiger charge is 2.27. The molecule has 1 amide bonds. The van der Waals surface area contributed by atoms with Gasteiger partial charge in [0.2, 0.25) is 10.0 Å². The number of para-hydroxylation sites is 1. The van der Waals surface area contributed by atoms with Gasteiger partial charge in [-0.2, -0.15) is 4.31 Å². The van der Waals surface area contributed by atoms with E-state index in [1.54, 1.807) is 6.07 Å². The molecule has 0 unspecified atom stereocenters. The summed E-state index contributed by atoms with van der Waals surface area (Å²) in [6.45, 7) is 2.49. The summed E-state index contributed by atoms with van der Waals surface area (Å²) in [6.07, 6.45) is 2.42. The van der Waals surface area contributed by atoms with Crippen molar-refractivity contribution < 1.29 is 22.7 Å². The fourth-order valence-electron chi connectivity index (χ4n) is 3.21. The van der Waals surface area contributed by atoms with Gasteiger partial charge in [-0.3, -0.25) is 4.79 Å². The average Bonchev–Trinajstić information content (AvgIpc) is 3.28. The molecule has 7 nitrogen and oxygen atoms in total. The van der Waals surface area contributed by atoms with E-state index in [1.807, 2.05) is 25.1 Å². The first-order valence-electron chi connectivity index (χ1n) is 9.57. The Morgan fingerprint density at radius 1 is 1.07 bits per heavy atom. The monoisotopic (exact) mass is 416 g/mol. The van der Waals surface area contributed by atoms with E-state index in [4.69, 9.17) is 4.74 Å². The third kappa shape index (κ3) is 5.02. The molecule has 0 atom stereocenters. The van der Waals surface area contributed by atoms with E-state index in [1.165, 1.54) is 28.6 Å². The molecule has 0 aliphatic carbocycles. The molecule has 0 spiro atoms. The van der Waals surface area contributed by atoms with Crippen LogP contribution < -0.4 is 5.32 Å². The highest BCUT2D eigenvalue weighted by atomic mass is 32.2. The molecule has 2 aromatic carbocycles. The first kappa shape index (κ1) is 21.0. The second kappa shape index (κ2) is 9.19. The van der Waals surface area contributed by atoms with Gasteiger partial charge in [0.15, 0.2) is 6.61 Å². The number of nitrogens with zero attached hydrogens (tertiary/aromatic N) is 1. The van der Waals surface area contributed by atoms with Crippen LogP contribution in [0.2, 0.25) is 0 Å². The fraction of sp³-hybridized carbons (Fsp3) is 0.333. The van der Waals surface area contributed by atoms with Crippen molar-refractivity contribution in [3.63, 3.8) is 0 Å². The Bertz CT molecular complexity index is 998. The molecule has 2 aromatic rings. The standard InChI is InChI=1S/C21H24N2O5S/c1-2-16-8-3-4-11-19(16)22-20(24)15-28-21(25)17-9-7-10-18(14-17)29(26,27)23-12-5-6-13-23/h3-4,7-11,14H,2,5-6,12-13,15H2,1H3,(H,22,24). The van der Waals surface area contributed by atoms with Gasteiger partial charge in [-0.25, -0.2) is 13.2 Å². The van der Waals surface area contributed by atoms with Gasteiger partial charge in [-0.1, -0.05) is 31.2 Å². The van der Waals surface area contributed by atoms with Gasteiger partial charge in [-0.05, 0) is 49.1 Å². The van der Waals surface area contributed by atoms with Crippen LogP contribution in [0.5, 0.6) is 0 Å². The van der Waals surface area contributed by atoms with Gasteiger partial charge < -0.3 is 10.1 Å². The maximum Gasteiger partial charge on any atom is 0.338 e. The summed E-state index contributed by atoms with van der Waals surface area (Å²) >= 11 is 0. The lowest BCUT2D eigenvalue weighted by molar-refractivity contribution is -0.119. The molecule has 1 aliphatic rings. The third-order valence-corrected chi connectivity index (χ3v) is 6.67. The summed E-state index contributed by atoms with van der Waals surface area (Å²) in [5.74, 6) is -1.21. The Morgan fingerprint density at radius 3 is 2.52 bits per heavy atom. The first-order valence-corrected chi connectivity index (χ1v) is 11.0. The van der Waals surface area contributed by atoms with Gasteiger partial charge in [0.1, 0.15) is 0 Å². The predicted octanol–water partition coefficient (Wildman–Crippen LogP) is 2.83. The van der Waals surface area contributed by atoms with Crippen LogP contribution in [-0.2, 0) is 26.0 Å². The number of anilines is 1. The molecule has 0 bridgehead atoms. The number of rotatable bonds is 7. The number of esters is 1. The second-order valence-electron chi connectivity index (χ2n) is 6.77. The number of hydrogen-bond acceptors (Lipinski definition) is 5. The number of carbonyl (C=O) groups is 2. The maximum absolute atomic E-state index is 12.6. The minimum absolute atomic E-state index is 0.0511. The molecule has 154 valence electrons. The molecule has 0 saturated carbocycles. The SMILES string of the molecule is CCc1ccccc1NC(=O)COC(=O)c1cccc(S(=O)(=O)N2CCCC2)c1. The first-order chi connectivity index (χ1) is 13.9. The van der Waals surface area contributed by atoms with Gasteiger partial charge >= 0.3 is 5.97 Å². The largest absolute Gasteiger partial charge is 0.452 e. The van der Waals surface area contributed by atoms with Crippen LogP contribution in [0.3, 0.4) is 0 Å². The number of amides is 1. The van der Waals surface area contributed by atoms with E-state index >= 15 is 0 Å². The maximum atomic E-state index is 12.6. The minimum Gasteiger partial charge on any atom is -0.452 e. The second-order valence-corrected chi connectivity index (χ2v) is 8.71. The van der Waals surface area contributed by atoms with E-state index < -0.39 is 28.5 Å². The third-order valence-electron chi connectivity index (χ3n) is 4.78. The van der Waals surface area contributed by atoms with Crippen LogP contribution in [0.15, 0.2) is 53.4 Å². The van der Waals surface area contributed by atoms with Crippen LogP contribution in [0, 0.1) is 0 Å². The number of benzene rings is 2. The average molecular weight is 416 g/mol. The van der Waals surface area contributed by atoms with Crippen molar-refractivity contribution in [2.45, 2.75) is 31.1 Å². The van der Waals surface area contributed by atoms with Gasteiger partial charge in [0.05, 0.1) is 10.5 Å². The predicted molar refractivity (Wildman–Crippen MR) is 109 cm³/mol. The van der Waals surface area contributed by atoms with Crippen LogP contribution in [0.4, 0.5) is 5.69 Å². The summed E-state index contributed by atoms with van der Waals surface area (Å²) < 4.78 is 31.8. The topological polar surface area (TPSA) is 92.8 Å². The zero-order chi connectivity index (χ0) is 20.9. The Balaban J connectivity index is 1.63. The summed E-state index contributed by atoms with van der Waals surface area (Å²) in [5, 5.41) is 2.72. The number of nitrogens with one attached hydrogen (secondary N) is 1. The lowest BCUT2D eigenvalue weighted by Crippen LogP contribution is -2.28. The zero-order valence-corrected chi connectivity index (χ0v) is 17.1. The van der Waals surface area contributed by atoms with Crippen molar-refractivity contribution in [1.29, 1.82) is 0 Å². The molecule has 1 aliphatic heterocycles. The molecule has 29 heavy (non-hydrogen) atoms. The molecular formula is C21H24N2O5S. The Morgan fingerprint density at radius 2 is 1.79 bits per heavy atom. The summed E-state index contributed by atoms with van der Waals surface area (Å²) in [7, 11) is -3.63. The van der Waals surface area contributed by atoms with E-state index in [0.717, 1.165) is 24.8 Å². The van der Waals surface area contributed by atoms with Gasteiger partial charge in [0.25, 0.3) is 5.91 Å². The van der Waals surface area contributed by atoms with Crippen molar-refractivity contribution in [2.24, 2.45) is 0 Å². The summed E-state index contributed by atoms with van der Waals surface area (Å²) in [6, 6.07) is 13.1. The van der Waals surface area contributed by atoms with Gasteiger partial charge in [-0.15, -0.1) is 0 Å². The quantitative estimate of drug-likeness (QED) is 0.701. The van der Waals surface area contributed by atoms with Crippen molar-refractivity contribution in [3.05, 3.63) is 59.7 Å². The van der Waals surface area contributed by atoms with E-state index in [-0.39, 0.29) is 10.5 Å². The van der Waals surface area contributed by atoms with Crippen LogP contribution in [-0.4, -0.2) is 44.3 Å². The van der Waals surface area contributed by atoms with Crippen molar-refractivity contribution in [1.82, 2.24) is 4.31 Å². The summed E-state index contributed by atoms with van der Waals surface area (Å²) in [4.78, 5) is 24.5. The zero-order valence-electron chi connectivity index (χ0n) is 16.3. The van der Waals surface area contributed by atoms with E-state index in [9.17, 15) is 18.0 Å². The molecule has 1 heterocycles. The number of hydrogen-bond donors (Lipinski definition) is 1. The van der Waals surface area contributed by atoms with Crippen LogP contribution >= 0.6 is 0 Å². The van der Waals surface area contributed by atoms with Crippen LogP contribution in [0.1, 0.15) is 35.7 Å². The van der Waals surface area contributed by atoms with Crippen LogP contribution in [0.25, 0.3) is 0 Å². The minimum atomic E-state index is -3.63. The highest BCUT2D eigenvalue weighted by Crippen LogP contribution is 2.22. The molecule has 1 saturated heterocycles. The lowest BCUT2D eigenvalue weighted by Gasteiger charge is -2.16. The van der Waals surface area contributed by atoms with E-state index in [2.05, 4.69) is 5.32 Å². The lowest BCUT2D eigenvalue weighted by atomic mass is 10.1.